The average Bonchev–Trinajstić information content (AvgIpc) is 2.78. The number of aromatic hydroxyl groups is 1. The van der Waals surface area contributed by atoms with Crippen molar-refractivity contribution in [3.05, 3.63) is 95.3 Å². The lowest BCUT2D eigenvalue weighted by Crippen LogP contribution is -2.30. The summed E-state index contributed by atoms with van der Waals surface area (Å²) in [6, 6.07) is 19.4. The summed E-state index contributed by atoms with van der Waals surface area (Å²) in [7, 11) is 0. The number of aromatic nitrogens is 1. The van der Waals surface area contributed by atoms with Gasteiger partial charge in [0.1, 0.15) is 11.4 Å². The number of rotatable bonds is 8. The molecule has 1 aromatic heterocycles. The van der Waals surface area contributed by atoms with Gasteiger partial charge in [-0.25, -0.2) is 4.98 Å². The molecule has 8 heteroatoms. The third kappa shape index (κ3) is 5.66. The number of carbonyl (C=O) groups is 3. The van der Waals surface area contributed by atoms with Crippen molar-refractivity contribution in [3.8, 4) is 5.75 Å². The molecule has 158 valence electrons. The lowest BCUT2D eigenvalue weighted by atomic mass is 9.98. The molecule has 3 rings (SSSR count). The second-order valence-corrected chi connectivity index (χ2v) is 6.71. The summed E-state index contributed by atoms with van der Waals surface area (Å²) in [4.78, 5) is 39.4. The van der Waals surface area contributed by atoms with Crippen LogP contribution >= 0.6 is 0 Å². The first-order valence-electron chi connectivity index (χ1n) is 9.55. The van der Waals surface area contributed by atoms with Crippen LogP contribution in [0, 0.1) is 0 Å². The van der Waals surface area contributed by atoms with Gasteiger partial charge in [0.25, 0.3) is 11.8 Å². The molecule has 1 heterocycles. The van der Waals surface area contributed by atoms with Crippen molar-refractivity contribution in [1.29, 1.82) is 0 Å². The van der Waals surface area contributed by atoms with E-state index in [1.165, 1.54) is 0 Å². The zero-order valence-electron chi connectivity index (χ0n) is 16.5. The molecule has 2 aromatic carbocycles. The Morgan fingerprint density at radius 3 is 2.00 bits per heavy atom. The lowest BCUT2D eigenvalue weighted by molar-refractivity contribution is -0.136. The van der Waals surface area contributed by atoms with Crippen molar-refractivity contribution in [2.24, 2.45) is 0 Å². The monoisotopic (exact) mass is 419 g/mol. The maximum Gasteiger partial charge on any atom is 0.305 e. The molecule has 31 heavy (non-hydrogen) atoms. The first kappa shape index (κ1) is 21.5. The predicted molar refractivity (Wildman–Crippen MR) is 113 cm³/mol. The third-order valence-corrected chi connectivity index (χ3v) is 4.53. The van der Waals surface area contributed by atoms with Crippen molar-refractivity contribution in [3.63, 3.8) is 0 Å². The van der Waals surface area contributed by atoms with Gasteiger partial charge in [-0.05, 0) is 11.1 Å². The number of nitrogens with one attached hydrogen (secondary N) is 2. The normalized spacial score (nSPS) is 10.5. The van der Waals surface area contributed by atoms with Crippen molar-refractivity contribution >= 4 is 17.8 Å². The maximum absolute atomic E-state index is 12.9. The van der Waals surface area contributed by atoms with E-state index in [1.54, 1.807) is 0 Å². The fourth-order valence-electron chi connectivity index (χ4n) is 2.98. The Morgan fingerprint density at radius 2 is 1.48 bits per heavy atom. The summed E-state index contributed by atoms with van der Waals surface area (Å²) in [6.45, 7) is -0.0747. The largest absolute Gasteiger partial charge is 0.507 e. The van der Waals surface area contributed by atoms with E-state index in [0.717, 1.165) is 23.4 Å². The second kappa shape index (κ2) is 10.0. The van der Waals surface area contributed by atoms with Gasteiger partial charge in [0.2, 0.25) is 0 Å². The van der Waals surface area contributed by atoms with Crippen molar-refractivity contribution in [2.75, 3.05) is 6.54 Å². The number of carboxylic acid groups (broad SMARTS) is 1. The van der Waals surface area contributed by atoms with Crippen LogP contribution in [-0.4, -0.2) is 39.5 Å². The molecule has 0 saturated carbocycles. The summed E-state index contributed by atoms with van der Waals surface area (Å²) in [5.41, 5.74) is 1.52. The highest BCUT2D eigenvalue weighted by Gasteiger charge is 2.21. The van der Waals surface area contributed by atoms with E-state index < -0.39 is 29.6 Å². The highest BCUT2D eigenvalue weighted by Crippen LogP contribution is 2.24. The molecule has 0 bridgehead atoms. The molecule has 3 aromatic rings. The predicted octanol–water partition coefficient (Wildman–Crippen LogP) is 2.51. The highest BCUT2D eigenvalue weighted by atomic mass is 16.4. The number of amides is 2. The van der Waals surface area contributed by atoms with Gasteiger partial charge in [-0.2, -0.15) is 0 Å². The standard InChI is InChI=1S/C23H21N3O5/c27-19-13-18(23(31)24-12-11-20(28)29)25-14-17(19)22(30)26-21(15-7-3-1-4-8-15)16-9-5-2-6-10-16/h1-10,13-14,21H,11-12H2,(H,24,31)(H,25,27)(H,26,30)(H,28,29). The number of aliphatic carboxylic acids is 1. The minimum Gasteiger partial charge on any atom is -0.507 e. The zero-order valence-corrected chi connectivity index (χ0v) is 16.5. The molecule has 0 aliphatic rings. The molecule has 8 nitrogen and oxygen atoms in total. The zero-order chi connectivity index (χ0) is 22.2. The van der Waals surface area contributed by atoms with E-state index in [1.807, 2.05) is 60.7 Å². The van der Waals surface area contributed by atoms with Crippen LogP contribution in [0.3, 0.4) is 0 Å². The first-order valence-corrected chi connectivity index (χ1v) is 9.55. The fraction of sp³-hybridized carbons (Fsp3) is 0.130. The molecule has 2 amide bonds. The maximum atomic E-state index is 12.9. The van der Waals surface area contributed by atoms with Crippen LogP contribution in [0.5, 0.6) is 5.75 Å². The summed E-state index contributed by atoms with van der Waals surface area (Å²) < 4.78 is 0. The van der Waals surface area contributed by atoms with E-state index in [0.29, 0.717) is 0 Å². The number of carbonyl (C=O) groups excluding carboxylic acids is 2. The molecular weight excluding hydrogens is 398 g/mol. The Hall–Kier alpha value is -4.20. The molecular formula is C23H21N3O5. The van der Waals surface area contributed by atoms with E-state index in [4.69, 9.17) is 5.11 Å². The van der Waals surface area contributed by atoms with Crippen LogP contribution in [0.15, 0.2) is 72.9 Å². The van der Waals surface area contributed by atoms with Gasteiger partial charge < -0.3 is 20.8 Å². The number of hydrogen-bond donors (Lipinski definition) is 4. The van der Waals surface area contributed by atoms with Crippen LogP contribution < -0.4 is 10.6 Å². The molecule has 0 aliphatic carbocycles. The van der Waals surface area contributed by atoms with Crippen LogP contribution in [0.25, 0.3) is 0 Å². The van der Waals surface area contributed by atoms with Crippen LogP contribution in [0.4, 0.5) is 0 Å². The topological polar surface area (TPSA) is 129 Å². The van der Waals surface area contributed by atoms with Crippen molar-refractivity contribution < 1.29 is 24.6 Å². The number of hydrogen-bond acceptors (Lipinski definition) is 5. The van der Waals surface area contributed by atoms with Crippen molar-refractivity contribution in [1.82, 2.24) is 15.6 Å². The van der Waals surface area contributed by atoms with Crippen LogP contribution in [0.2, 0.25) is 0 Å². The summed E-state index contributed by atoms with van der Waals surface area (Å²) >= 11 is 0. The molecule has 0 spiro atoms. The smallest absolute Gasteiger partial charge is 0.305 e. The van der Waals surface area contributed by atoms with Gasteiger partial charge in [0.05, 0.1) is 18.0 Å². The molecule has 0 unspecified atom stereocenters. The Labute approximate surface area is 178 Å². The van der Waals surface area contributed by atoms with Crippen LogP contribution in [0.1, 0.15) is 44.4 Å². The highest BCUT2D eigenvalue weighted by molar-refractivity contribution is 5.99. The molecule has 4 N–H and O–H groups in total. The summed E-state index contributed by atoms with van der Waals surface area (Å²) in [5, 5.41) is 24.2. The molecule has 0 fully saturated rings. The van der Waals surface area contributed by atoms with E-state index in [2.05, 4.69) is 15.6 Å². The Balaban J connectivity index is 1.78. The van der Waals surface area contributed by atoms with E-state index in [-0.39, 0.29) is 24.2 Å². The third-order valence-electron chi connectivity index (χ3n) is 4.53. The van der Waals surface area contributed by atoms with E-state index in [9.17, 15) is 19.5 Å². The van der Waals surface area contributed by atoms with Gasteiger partial charge in [0, 0.05) is 18.8 Å². The fourth-order valence-corrected chi connectivity index (χ4v) is 2.98. The van der Waals surface area contributed by atoms with E-state index >= 15 is 0 Å². The molecule has 0 atom stereocenters. The van der Waals surface area contributed by atoms with Crippen molar-refractivity contribution in [2.45, 2.75) is 12.5 Å². The second-order valence-electron chi connectivity index (χ2n) is 6.71. The van der Waals surface area contributed by atoms with Crippen LogP contribution in [-0.2, 0) is 4.79 Å². The Bertz CT molecular complexity index is 1030. The van der Waals surface area contributed by atoms with Gasteiger partial charge in [-0.15, -0.1) is 0 Å². The van der Waals surface area contributed by atoms with Gasteiger partial charge >= 0.3 is 5.97 Å². The molecule has 0 aliphatic heterocycles. The molecule has 0 saturated heterocycles. The minimum absolute atomic E-state index is 0.0747. The SMILES string of the molecule is O=C(O)CCNC(=O)c1cc(O)c(C(=O)NC(c2ccccc2)c2ccccc2)cn1. The number of carboxylic acids is 1. The average molecular weight is 419 g/mol. The quantitative estimate of drug-likeness (QED) is 0.444. The molecule has 0 radical (unpaired) electrons. The minimum atomic E-state index is -1.05. The summed E-state index contributed by atoms with van der Waals surface area (Å²) in [5.74, 6) is -2.65. The number of pyridine rings is 1. The summed E-state index contributed by atoms with van der Waals surface area (Å²) in [6.07, 6.45) is 0.877. The van der Waals surface area contributed by atoms with Gasteiger partial charge in [-0.3, -0.25) is 14.4 Å². The van der Waals surface area contributed by atoms with Gasteiger partial charge in [0.15, 0.2) is 0 Å². The first-order chi connectivity index (χ1) is 15.0. The Morgan fingerprint density at radius 1 is 0.903 bits per heavy atom. The van der Waals surface area contributed by atoms with Gasteiger partial charge in [-0.1, -0.05) is 60.7 Å². The Kier molecular flexibility index (Phi) is 6.95. The number of nitrogens with zero attached hydrogens (tertiary/aromatic N) is 1. The lowest BCUT2D eigenvalue weighted by Gasteiger charge is -2.20. The number of benzene rings is 2.